The molecule has 2 rings (SSSR count). The van der Waals surface area contributed by atoms with E-state index in [1.54, 1.807) is 0 Å². The quantitative estimate of drug-likeness (QED) is 0.861. The Morgan fingerprint density at radius 3 is 2.71 bits per heavy atom. The van der Waals surface area contributed by atoms with Crippen LogP contribution in [0.5, 0.6) is 0 Å². The smallest absolute Gasteiger partial charge is 0.197 e. The molecule has 0 aliphatic carbocycles. The lowest BCUT2D eigenvalue weighted by molar-refractivity contribution is 0.450. The molecule has 1 heterocycles. The van der Waals surface area contributed by atoms with Crippen LogP contribution in [0.25, 0.3) is 11.1 Å². The average Bonchev–Trinajstić information content (AvgIpc) is 2.68. The fourth-order valence-electron chi connectivity index (χ4n) is 1.88. The molecule has 2 aromatic rings. The zero-order valence-corrected chi connectivity index (χ0v) is 10.5. The van der Waals surface area contributed by atoms with Gasteiger partial charge in [0.15, 0.2) is 11.5 Å². The van der Waals surface area contributed by atoms with Crippen molar-refractivity contribution < 1.29 is 4.42 Å². The molecule has 92 valence electrons. The molecule has 0 fully saturated rings. The van der Waals surface area contributed by atoms with Crippen LogP contribution in [-0.2, 0) is 6.42 Å². The van der Waals surface area contributed by atoms with Gasteiger partial charge in [-0.05, 0) is 30.9 Å². The van der Waals surface area contributed by atoms with Gasteiger partial charge in [0.05, 0.1) is 0 Å². The van der Waals surface area contributed by atoms with Gasteiger partial charge in [0.1, 0.15) is 5.52 Å². The summed E-state index contributed by atoms with van der Waals surface area (Å²) in [6.07, 6.45) is 2.90. The van der Waals surface area contributed by atoms with Crippen LogP contribution in [0.2, 0.25) is 0 Å². The third-order valence-corrected chi connectivity index (χ3v) is 2.89. The molecule has 0 aliphatic heterocycles. The summed E-state index contributed by atoms with van der Waals surface area (Å²) in [6.45, 7) is 4.43. The third-order valence-electron chi connectivity index (χ3n) is 2.89. The molecule has 0 amide bonds. The SMILES string of the molecule is CC(C)CCC(N)Cc1nc2ccccc2o1. The predicted molar refractivity (Wildman–Crippen MR) is 69.8 cm³/mol. The highest BCUT2D eigenvalue weighted by molar-refractivity contribution is 5.72. The molecule has 3 nitrogen and oxygen atoms in total. The van der Waals surface area contributed by atoms with Crippen molar-refractivity contribution in [2.45, 2.75) is 39.2 Å². The van der Waals surface area contributed by atoms with Gasteiger partial charge >= 0.3 is 0 Å². The van der Waals surface area contributed by atoms with E-state index in [1.165, 1.54) is 0 Å². The molecule has 17 heavy (non-hydrogen) atoms. The summed E-state index contributed by atoms with van der Waals surface area (Å²) in [5, 5.41) is 0. The number of rotatable bonds is 5. The number of aromatic nitrogens is 1. The first-order chi connectivity index (χ1) is 8.15. The molecule has 0 saturated carbocycles. The zero-order valence-electron chi connectivity index (χ0n) is 10.5. The minimum absolute atomic E-state index is 0.144. The van der Waals surface area contributed by atoms with Crippen molar-refractivity contribution in [1.82, 2.24) is 4.98 Å². The van der Waals surface area contributed by atoms with Gasteiger partial charge in [0, 0.05) is 12.5 Å². The molecule has 1 atom stereocenters. The highest BCUT2D eigenvalue weighted by Crippen LogP contribution is 2.16. The second kappa shape index (κ2) is 5.32. The minimum atomic E-state index is 0.144. The molecule has 1 aromatic heterocycles. The van der Waals surface area contributed by atoms with Gasteiger partial charge in [-0.15, -0.1) is 0 Å². The second-order valence-electron chi connectivity index (χ2n) is 5.01. The van der Waals surface area contributed by atoms with Crippen LogP contribution in [0.1, 0.15) is 32.6 Å². The van der Waals surface area contributed by atoms with Gasteiger partial charge in [-0.25, -0.2) is 4.98 Å². The van der Waals surface area contributed by atoms with Crippen molar-refractivity contribution in [3.05, 3.63) is 30.2 Å². The van der Waals surface area contributed by atoms with Crippen LogP contribution in [0.4, 0.5) is 0 Å². The van der Waals surface area contributed by atoms with Crippen molar-refractivity contribution in [2.75, 3.05) is 0 Å². The average molecular weight is 232 g/mol. The molecular weight excluding hydrogens is 212 g/mol. The standard InChI is InChI=1S/C14H20N2O/c1-10(2)7-8-11(15)9-14-16-12-5-3-4-6-13(12)17-14/h3-6,10-11H,7-9,15H2,1-2H3. The topological polar surface area (TPSA) is 52.0 Å². The lowest BCUT2D eigenvalue weighted by Crippen LogP contribution is -2.23. The summed E-state index contributed by atoms with van der Waals surface area (Å²) in [5.41, 5.74) is 7.84. The van der Waals surface area contributed by atoms with Crippen molar-refractivity contribution in [3.8, 4) is 0 Å². The number of benzene rings is 1. The number of nitrogens with zero attached hydrogens (tertiary/aromatic N) is 1. The second-order valence-corrected chi connectivity index (χ2v) is 5.01. The summed E-state index contributed by atoms with van der Waals surface area (Å²) in [5.74, 6) is 1.45. The zero-order chi connectivity index (χ0) is 12.3. The van der Waals surface area contributed by atoms with E-state index in [2.05, 4.69) is 18.8 Å². The first-order valence-corrected chi connectivity index (χ1v) is 6.25. The minimum Gasteiger partial charge on any atom is -0.441 e. The Balaban J connectivity index is 1.98. The number of hydrogen-bond donors (Lipinski definition) is 1. The van der Waals surface area contributed by atoms with Crippen LogP contribution >= 0.6 is 0 Å². The summed E-state index contributed by atoms with van der Waals surface area (Å²) >= 11 is 0. The molecule has 0 radical (unpaired) electrons. The summed E-state index contributed by atoms with van der Waals surface area (Å²) in [4.78, 5) is 4.43. The molecule has 2 N–H and O–H groups in total. The lowest BCUT2D eigenvalue weighted by Gasteiger charge is -2.10. The fraction of sp³-hybridized carbons (Fsp3) is 0.500. The maximum absolute atomic E-state index is 6.08. The van der Waals surface area contributed by atoms with E-state index in [9.17, 15) is 0 Å². The van der Waals surface area contributed by atoms with Gasteiger partial charge in [0.25, 0.3) is 0 Å². The van der Waals surface area contributed by atoms with E-state index in [0.29, 0.717) is 5.92 Å². The maximum atomic E-state index is 6.08. The van der Waals surface area contributed by atoms with E-state index < -0.39 is 0 Å². The highest BCUT2D eigenvalue weighted by atomic mass is 16.3. The van der Waals surface area contributed by atoms with Crippen molar-refractivity contribution in [2.24, 2.45) is 11.7 Å². The van der Waals surface area contributed by atoms with Gasteiger partial charge in [0.2, 0.25) is 0 Å². The third kappa shape index (κ3) is 3.30. The largest absolute Gasteiger partial charge is 0.441 e. The number of oxazole rings is 1. The molecule has 0 spiro atoms. The lowest BCUT2D eigenvalue weighted by atomic mass is 10.0. The Morgan fingerprint density at radius 1 is 1.24 bits per heavy atom. The molecule has 1 aromatic carbocycles. The van der Waals surface area contributed by atoms with E-state index in [4.69, 9.17) is 10.2 Å². The van der Waals surface area contributed by atoms with Gasteiger partial charge in [-0.1, -0.05) is 26.0 Å². The number of nitrogens with two attached hydrogens (primary N) is 1. The molecule has 3 heteroatoms. The van der Waals surface area contributed by atoms with Crippen LogP contribution in [-0.4, -0.2) is 11.0 Å². The van der Waals surface area contributed by atoms with Gasteiger partial charge in [-0.2, -0.15) is 0 Å². The highest BCUT2D eigenvalue weighted by Gasteiger charge is 2.10. The Morgan fingerprint density at radius 2 is 2.00 bits per heavy atom. The van der Waals surface area contributed by atoms with E-state index in [-0.39, 0.29) is 6.04 Å². The molecule has 0 saturated heterocycles. The van der Waals surface area contributed by atoms with Crippen LogP contribution in [0.15, 0.2) is 28.7 Å². The Labute approximate surface area is 102 Å². The Bertz CT molecular complexity index is 443. The normalized spacial score (nSPS) is 13.4. The number of para-hydroxylation sites is 2. The van der Waals surface area contributed by atoms with Crippen LogP contribution < -0.4 is 5.73 Å². The van der Waals surface area contributed by atoms with Crippen LogP contribution in [0, 0.1) is 5.92 Å². The first-order valence-electron chi connectivity index (χ1n) is 6.25. The van der Waals surface area contributed by atoms with Gasteiger partial charge < -0.3 is 10.2 Å². The summed E-state index contributed by atoms with van der Waals surface area (Å²) in [6, 6.07) is 7.96. The van der Waals surface area contributed by atoms with Gasteiger partial charge in [-0.3, -0.25) is 0 Å². The molecular formula is C14H20N2O. The summed E-state index contributed by atoms with van der Waals surface area (Å²) < 4.78 is 5.65. The van der Waals surface area contributed by atoms with Crippen molar-refractivity contribution in [1.29, 1.82) is 0 Å². The Kier molecular flexibility index (Phi) is 3.79. The fourth-order valence-corrected chi connectivity index (χ4v) is 1.88. The summed E-state index contributed by atoms with van der Waals surface area (Å²) in [7, 11) is 0. The monoisotopic (exact) mass is 232 g/mol. The predicted octanol–water partition coefficient (Wildman–Crippen LogP) is 3.13. The molecule has 0 bridgehead atoms. The van der Waals surface area contributed by atoms with Crippen molar-refractivity contribution >= 4 is 11.1 Å². The van der Waals surface area contributed by atoms with Crippen LogP contribution in [0.3, 0.4) is 0 Å². The maximum Gasteiger partial charge on any atom is 0.197 e. The van der Waals surface area contributed by atoms with E-state index in [1.807, 2.05) is 24.3 Å². The molecule has 1 unspecified atom stereocenters. The Hall–Kier alpha value is -1.35. The molecule has 0 aliphatic rings. The number of hydrogen-bond acceptors (Lipinski definition) is 3. The van der Waals surface area contributed by atoms with Crippen molar-refractivity contribution in [3.63, 3.8) is 0 Å². The number of fused-ring (bicyclic) bond motifs is 1. The van der Waals surface area contributed by atoms with E-state index in [0.717, 1.165) is 36.3 Å². The van der Waals surface area contributed by atoms with E-state index >= 15 is 0 Å². The first kappa shape index (κ1) is 12.1.